The van der Waals surface area contributed by atoms with Crippen LogP contribution in [0.4, 0.5) is 5.69 Å². The standard InChI is InChI=1S/C17H14N2O7S/c20-16(18-3-1-15-10(7-18)2-4-27-15)8-24-17(21)11-5-13-14(26-9-25-13)6-12(11)19(22)23/h2,4-6H,1,3,7-9H2. The van der Waals surface area contributed by atoms with Gasteiger partial charge in [0.15, 0.2) is 18.1 Å². The second-order valence-corrected chi connectivity index (χ2v) is 6.99. The number of hydrogen-bond donors (Lipinski definition) is 0. The summed E-state index contributed by atoms with van der Waals surface area (Å²) in [7, 11) is 0. The number of esters is 1. The number of benzene rings is 1. The number of carbonyl (C=O) groups is 2. The van der Waals surface area contributed by atoms with Gasteiger partial charge in [-0.05, 0) is 23.4 Å². The molecule has 140 valence electrons. The van der Waals surface area contributed by atoms with Crippen LogP contribution in [-0.2, 0) is 22.5 Å². The average Bonchev–Trinajstić information content (AvgIpc) is 3.32. The van der Waals surface area contributed by atoms with E-state index in [9.17, 15) is 19.7 Å². The van der Waals surface area contributed by atoms with Crippen LogP contribution in [-0.4, -0.2) is 41.6 Å². The van der Waals surface area contributed by atoms with Crippen molar-refractivity contribution in [3.8, 4) is 11.5 Å². The van der Waals surface area contributed by atoms with E-state index in [0.29, 0.717) is 13.1 Å². The molecule has 2 aromatic rings. The predicted octanol–water partition coefficient (Wildman–Crippen LogP) is 2.13. The van der Waals surface area contributed by atoms with Gasteiger partial charge in [0.25, 0.3) is 11.6 Å². The molecule has 0 saturated heterocycles. The molecule has 0 radical (unpaired) electrons. The van der Waals surface area contributed by atoms with Crippen LogP contribution >= 0.6 is 11.3 Å². The molecule has 0 N–H and O–H groups in total. The predicted molar refractivity (Wildman–Crippen MR) is 92.9 cm³/mol. The van der Waals surface area contributed by atoms with E-state index in [2.05, 4.69) is 0 Å². The summed E-state index contributed by atoms with van der Waals surface area (Å²) >= 11 is 1.66. The lowest BCUT2D eigenvalue weighted by molar-refractivity contribution is -0.385. The zero-order chi connectivity index (χ0) is 19.0. The Morgan fingerprint density at radius 1 is 1.30 bits per heavy atom. The van der Waals surface area contributed by atoms with Gasteiger partial charge in [-0.3, -0.25) is 14.9 Å². The Balaban J connectivity index is 1.44. The van der Waals surface area contributed by atoms with Gasteiger partial charge in [-0.1, -0.05) is 0 Å². The van der Waals surface area contributed by atoms with Gasteiger partial charge in [-0.25, -0.2) is 4.79 Å². The summed E-state index contributed by atoms with van der Waals surface area (Å²) in [6.07, 6.45) is 0.764. The van der Waals surface area contributed by atoms with Crippen molar-refractivity contribution < 1.29 is 28.7 Å². The number of carbonyl (C=O) groups excluding carboxylic acids is 2. The van der Waals surface area contributed by atoms with E-state index in [1.165, 1.54) is 10.9 Å². The van der Waals surface area contributed by atoms with Crippen molar-refractivity contribution in [3.05, 3.63) is 49.7 Å². The van der Waals surface area contributed by atoms with Crippen LogP contribution in [0.15, 0.2) is 23.6 Å². The lowest BCUT2D eigenvalue weighted by Gasteiger charge is -2.26. The van der Waals surface area contributed by atoms with Gasteiger partial charge < -0.3 is 19.1 Å². The van der Waals surface area contributed by atoms with Crippen LogP contribution in [0.2, 0.25) is 0 Å². The normalized spacial score (nSPS) is 14.6. The molecule has 4 rings (SSSR count). The summed E-state index contributed by atoms with van der Waals surface area (Å²) in [4.78, 5) is 38.1. The van der Waals surface area contributed by atoms with Crippen molar-refractivity contribution >= 4 is 28.9 Å². The fraction of sp³-hybridized carbons (Fsp3) is 0.294. The van der Waals surface area contributed by atoms with Crippen LogP contribution in [0.3, 0.4) is 0 Å². The molecule has 9 nitrogen and oxygen atoms in total. The highest BCUT2D eigenvalue weighted by Gasteiger charge is 2.29. The summed E-state index contributed by atoms with van der Waals surface area (Å²) in [5, 5.41) is 13.2. The SMILES string of the molecule is O=C(OCC(=O)N1CCc2sccc2C1)c1cc2c(cc1[N+](=O)[O-])OCO2. The van der Waals surface area contributed by atoms with E-state index in [0.717, 1.165) is 18.1 Å². The Bertz CT molecular complexity index is 939. The maximum atomic E-state index is 12.3. The number of nitro benzene ring substituents is 1. The quantitative estimate of drug-likeness (QED) is 0.447. The van der Waals surface area contributed by atoms with Gasteiger partial charge in [-0.15, -0.1) is 11.3 Å². The Morgan fingerprint density at radius 2 is 2.07 bits per heavy atom. The molecule has 0 atom stereocenters. The second kappa shape index (κ2) is 6.88. The maximum Gasteiger partial charge on any atom is 0.345 e. The molecule has 0 spiro atoms. The molecule has 1 aromatic heterocycles. The Morgan fingerprint density at radius 3 is 2.85 bits per heavy atom. The zero-order valence-corrected chi connectivity index (χ0v) is 14.8. The van der Waals surface area contributed by atoms with E-state index < -0.39 is 23.2 Å². The third-order valence-corrected chi connectivity index (χ3v) is 5.42. The van der Waals surface area contributed by atoms with E-state index >= 15 is 0 Å². The van der Waals surface area contributed by atoms with Gasteiger partial charge in [0.1, 0.15) is 5.56 Å². The van der Waals surface area contributed by atoms with Crippen molar-refractivity contribution in [3.63, 3.8) is 0 Å². The summed E-state index contributed by atoms with van der Waals surface area (Å²) in [5.41, 5.74) is 0.353. The minimum absolute atomic E-state index is 0.0804. The molecule has 1 aromatic carbocycles. The highest BCUT2D eigenvalue weighted by Crippen LogP contribution is 2.38. The molecule has 3 heterocycles. The maximum absolute atomic E-state index is 12.3. The van der Waals surface area contributed by atoms with Crippen LogP contribution in [0, 0.1) is 10.1 Å². The fourth-order valence-electron chi connectivity index (χ4n) is 3.00. The van der Waals surface area contributed by atoms with Crippen LogP contribution in [0.25, 0.3) is 0 Å². The molecule has 0 aliphatic carbocycles. The van der Waals surface area contributed by atoms with E-state index in [4.69, 9.17) is 14.2 Å². The molecular formula is C17H14N2O7S. The van der Waals surface area contributed by atoms with E-state index in [1.807, 2.05) is 11.4 Å². The smallest absolute Gasteiger partial charge is 0.345 e. The number of nitrogens with zero attached hydrogens (tertiary/aromatic N) is 2. The van der Waals surface area contributed by atoms with Crippen molar-refractivity contribution in [2.24, 2.45) is 0 Å². The van der Waals surface area contributed by atoms with Crippen molar-refractivity contribution in [2.75, 3.05) is 19.9 Å². The summed E-state index contributed by atoms with van der Waals surface area (Å²) in [5.74, 6) is -0.890. The Kier molecular flexibility index (Phi) is 4.40. The van der Waals surface area contributed by atoms with Crippen molar-refractivity contribution in [1.82, 2.24) is 4.90 Å². The molecule has 0 fully saturated rings. The monoisotopic (exact) mass is 390 g/mol. The number of thiophene rings is 1. The molecule has 27 heavy (non-hydrogen) atoms. The number of nitro groups is 1. The van der Waals surface area contributed by atoms with Crippen LogP contribution in [0.1, 0.15) is 20.8 Å². The molecule has 2 aliphatic heterocycles. The van der Waals surface area contributed by atoms with E-state index in [-0.39, 0.29) is 29.8 Å². The highest BCUT2D eigenvalue weighted by atomic mass is 32.1. The average molecular weight is 390 g/mol. The van der Waals surface area contributed by atoms with Gasteiger partial charge >= 0.3 is 5.97 Å². The van der Waals surface area contributed by atoms with Crippen LogP contribution < -0.4 is 9.47 Å². The van der Waals surface area contributed by atoms with Gasteiger partial charge in [-0.2, -0.15) is 0 Å². The molecule has 1 amide bonds. The number of ether oxygens (including phenoxy) is 3. The van der Waals surface area contributed by atoms with Gasteiger partial charge in [0, 0.05) is 24.0 Å². The zero-order valence-electron chi connectivity index (χ0n) is 14.0. The third-order valence-electron chi connectivity index (χ3n) is 4.39. The number of rotatable bonds is 4. The molecule has 2 aliphatic rings. The second-order valence-electron chi connectivity index (χ2n) is 5.99. The first-order chi connectivity index (χ1) is 13.0. The van der Waals surface area contributed by atoms with Gasteiger partial charge in [0.2, 0.25) is 6.79 Å². The summed E-state index contributed by atoms with van der Waals surface area (Å²) < 4.78 is 15.3. The fourth-order valence-corrected chi connectivity index (χ4v) is 3.89. The number of amides is 1. The van der Waals surface area contributed by atoms with E-state index in [1.54, 1.807) is 16.2 Å². The minimum Gasteiger partial charge on any atom is -0.454 e. The third kappa shape index (κ3) is 3.31. The first kappa shape index (κ1) is 17.3. The lowest BCUT2D eigenvalue weighted by Crippen LogP contribution is -2.38. The minimum atomic E-state index is -0.957. The number of fused-ring (bicyclic) bond motifs is 2. The lowest BCUT2D eigenvalue weighted by atomic mass is 10.1. The molecule has 0 saturated carbocycles. The number of hydrogen-bond acceptors (Lipinski definition) is 8. The summed E-state index contributed by atoms with van der Waals surface area (Å²) in [6.45, 7) is 0.459. The van der Waals surface area contributed by atoms with Crippen molar-refractivity contribution in [2.45, 2.75) is 13.0 Å². The first-order valence-corrected chi connectivity index (χ1v) is 8.99. The molecular weight excluding hydrogens is 376 g/mol. The highest BCUT2D eigenvalue weighted by molar-refractivity contribution is 7.10. The molecule has 0 unspecified atom stereocenters. The van der Waals surface area contributed by atoms with Crippen LogP contribution in [0.5, 0.6) is 11.5 Å². The molecule has 10 heteroatoms. The molecule has 0 bridgehead atoms. The largest absolute Gasteiger partial charge is 0.454 e. The van der Waals surface area contributed by atoms with Crippen molar-refractivity contribution in [1.29, 1.82) is 0 Å². The Labute approximate surface area is 157 Å². The summed E-state index contributed by atoms with van der Waals surface area (Å²) in [6, 6.07) is 4.29. The first-order valence-electron chi connectivity index (χ1n) is 8.11. The van der Waals surface area contributed by atoms with Gasteiger partial charge in [0.05, 0.1) is 11.0 Å². The topological polar surface area (TPSA) is 108 Å². The Hall–Kier alpha value is -3.14.